The Morgan fingerprint density at radius 1 is 1.32 bits per heavy atom. The quantitative estimate of drug-likeness (QED) is 0.809. The number of aromatic nitrogens is 1. The van der Waals surface area contributed by atoms with E-state index in [1.54, 1.807) is 7.11 Å². The number of amides is 2. The number of carbonyl (C=O) groups excluding carboxylic acids is 2. The van der Waals surface area contributed by atoms with Crippen molar-refractivity contribution in [2.75, 3.05) is 26.7 Å². The summed E-state index contributed by atoms with van der Waals surface area (Å²) in [5.41, 5.74) is 2.22. The van der Waals surface area contributed by atoms with Gasteiger partial charge in [-0.3, -0.25) is 9.59 Å². The number of carbonyl (C=O) groups is 2. The third-order valence-electron chi connectivity index (χ3n) is 6.45. The first-order valence-electron chi connectivity index (χ1n) is 10.5. The van der Waals surface area contributed by atoms with Crippen LogP contribution in [0.25, 0.3) is 0 Å². The number of nitrogens with one attached hydrogen (secondary N) is 1. The highest BCUT2D eigenvalue weighted by molar-refractivity contribution is 5.98. The summed E-state index contributed by atoms with van der Waals surface area (Å²) >= 11 is 0. The van der Waals surface area contributed by atoms with E-state index < -0.39 is 0 Å². The minimum Gasteiger partial charge on any atom is -0.481 e. The number of nitrogens with zero attached hydrogens (tertiary/aromatic N) is 3. The van der Waals surface area contributed by atoms with Crippen LogP contribution in [0.3, 0.4) is 0 Å². The van der Waals surface area contributed by atoms with E-state index in [-0.39, 0.29) is 17.7 Å². The van der Waals surface area contributed by atoms with Crippen molar-refractivity contribution in [1.29, 1.82) is 0 Å². The number of ether oxygens (including phenoxy) is 1. The molecule has 1 aromatic heterocycles. The van der Waals surface area contributed by atoms with Crippen molar-refractivity contribution in [2.24, 2.45) is 5.92 Å². The molecule has 3 aliphatic rings. The Hall–Kier alpha value is -2.15. The van der Waals surface area contributed by atoms with Gasteiger partial charge in [-0.1, -0.05) is 19.8 Å². The van der Waals surface area contributed by atoms with Crippen molar-refractivity contribution in [3.63, 3.8) is 0 Å². The minimum absolute atomic E-state index is 0.0350. The van der Waals surface area contributed by atoms with Gasteiger partial charge in [-0.15, -0.1) is 0 Å². The van der Waals surface area contributed by atoms with E-state index in [9.17, 15) is 9.59 Å². The Kier molecular flexibility index (Phi) is 5.53. The van der Waals surface area contributed by atoms with Crippen LogP contribution in [0.2, 0.25) is 0 Å². The van der Waals surface area contributed by atoms with Crippen LogP contribution in [0.1, 0.15) is 60.6 Å². The first kappa shape index (κ1) is 19.2. The maximum atomic E-state index is 12.9. The molecule has 0 spiro atoms. The van der Waals surface area contributed by atoms with Gasteiger partial charge in [-0.05, 0) is 38.4 Å². The fourth-order valence-electron chi connectivity index (χ4n) is 4.74. The highest BCUT2D eigenvalue weighted by Gasteiger charge is 2.36. The SMILES string of the molecule is CCN1CC[C@H](C(=O)NCc2cc3c(nc2OC)CN(C2CCCC2)C3=O)C1. The topological polar surface area (TPSA) is 74.8 Å². The van der Waals surface area contributed by atoms with E-state index in [0.29, 0.717) is 30.6 Å². The second kappa shape index (κ2) is 8.07. The smallest absolute Gasteiger partial charge is 0.256 e. The predicted molar refractivity (Wildman–Crippen MR) is 105 cm³/mol. The van der Waals surface area contributed by atoms with Crippen LogP contribution in [0, 0.1) is 5.92 Å². The molecule has 1 atom stereocenters. The van der Waals surface area contributed by atoms with Crippen molar-refractivity contribution in [3.8, 4) is 5.88 Å². The Balaban J connectivity index is 1.45. The summed E-state index contributed by atoms with van der Waals surface area (Å²) in [5, 5.41) is 3.02. The monoisotopic (exact) mass is 386 g/mol. The number of fused-ring (bicyclic) bond motifs is 1. The fourth-order valence-corrected chi connectivity index (χ4v) is 4.74. The van der Waals surface area contributed by atoms with Gasteiger partial charge in [0, 0.05) is 24.7 Å². The lowest BCUT2D eigenvalue weighted by molar-refractivity contribution is -0.124. The zero-order valence-electron chi connectivity index (χ0n) is 16.9. The summed E-state index contributed by atoms with van der Waals surface area (Å²) in [6, 6.07) is 2.20. The standard InChI is InChI=1S/C21H30N4O3/c1-3-24-9-8-14(12-24)19(26)22-11-15-10-17-18(23-20(15)28-2)13-25(21(17)27)16-6-4-5-7-16/h10,14,16H,3-9,11-13H2,1-2H3,(H,22,26)/t14-/m0/s1. The van der Waals surface area contributed by atoms with Gasteiger partial charge in [0.1, 0.15) is 0 Å². The molecule has 28 heavy (non-hydrogen) atoms. The molecule has 2 aliphatic heterocycles. The molecule has 2 amide bonds. The maximum absolute atomic E-state index is 12.9. The highest BCUT2D eigenvalue weighted by Crippen LogP contribution is 2.33. The van der Waals surface area contributed by atoms with E-state index in [0.717, 1.165) is 50.2 Å². The van der Waals surface area contributed by atoms with Crippen LogP contribution >= 0.6 is 0 Å². The van der Waals surface area contributed by atoms with Crippen LogP contribution in [0.15, 0.2) is 6.07 Å². The molecule has 1 N–H and O–H groups in total. The Labute approximate surface area is 166 Å². The third kappa shape index (κ3) is 3.60. The van der Waals surface area contributed by atoms with E-state index in [2.05, 4.69) is 22.1 Å². The molecule has 1 aromatic rings. The van der Waals surface area contributed by atoms with Gasteiger partial charge in [0.2, 0.25) is 11.8 Å². The minimum atomic E-state index is 0.0350. The zero-order chi connectivity index (χ0) is 19.7. The third-order valence-corrected chi connectivity index (χ3v) is 6.45. The Morgan fingerprint density at radius 2 is 2.11 bits per heavy atom. The van der Waals surface area contributed by atoms with Crippen LogP contribution in [0.5, 0.6) is 5.88 Å². The predicted octanol–water partition coefficient (Wildman–Crippen LogP) is 1.95. The number of hydrogen-bond acceptors (Lipinski definition) is 5. The van der Waals surface area contributed by atoms with Crippen LogP contribution in [-0.2, 0) is 17.9 Å². The molecule has 4 rings (SSSR count). The molecule has 152 valence electrons. The summed E-state index contributed by atoms with van der Waals surface area (Å²) in [4.78, 5) is 34.3. The summed E-state index contributed by atoms with van der Waals surface area (Å²) in [6.45, 7) is 5.79. The molecule has 0 bridgehead atoms. The van der Waals surface area contributed by atoms with E-state index in [4.69, 9.17) is 4.74 Å². The first-order valence-corrected chi connectivity index (χ1v) is 10.5. The molecule has 3 heterocycles. The number of hydrogen-bond donors (Lipinski definition) is 1. The lowest BCUT2D eigenvalue weighted by atomic mass is 10.1. The zero-order valence-corrected chi connectivity index (χ0v) is 16.9. The van der Waals surface area contributed by atoms with Crippen LogP contribution in [-0.4, -0.2) is 59.4 Å². The molecular formula is C21H30N4O3. The van der Waals surface area contributed by atoms with Gasteiger partial charge < -0.3 is 19.9 Å². The highest BCUT2D eigenvalue weighted by atomic mass is 16.5. The van der Waals surface area contributed by atoms with Crippen LogP contribution in [0.4, 0.5) is 0 Å². The first-order chi connectivity index (χ1) is 13.6. The second-order valence-electron chi connectivity index (χ2n) is 8.12. The average Bonchev–Trinajstić information content (AvgIpc) is 3.45. The van der Waals surface area contributed by atoms with Gasteiger partial charge in [-0.25, -0.2) is 4.98 Å². The molecule has 1 aliphatic carbocycles. The van der Waals surface area contributed by atoms with Gasteiger partial charge in [0.25, 0.3) is 5.91 Å². The Bertz CT molecular complexity index is 760. The fraction of sp³-hybridized carbons (Fsp3) is 0.667. The maximum Gasteiger partial charge on any atom is 0.256 e. The van der Waals surface area contributed by atoms with Crippen LogP contribution < -0.4 is 10.1 Å². The molecule has 7 nitrogen and oxygen atoms in total. The van der Waals surface area contributed by atoms with E-state index >= 15 is 0 Å². The Morgan fingerprint density at radius 3 is 2.79 bits per heavy atom. The second-order valence-corrected chi connectivity index (χ2v) is 8.12. The average molecular weight is 386 g/mol. The summed E-state index contributed by atoms with van der Waals surface area (Å²) in [7, 11) is 1.58. The van der Waals surface area contributed by atoms with Crippen molar-refractivity contribution in [2.45, 2.75) is 58.2 Å². The van der Waals surface area contributed by atoms with E-state index in [1.165, 1.54) is 12.8 Å². The molecule has 1 saturated carbocycles. The lowest BCUT2D eigenvalue weighted by Crippen LogP contribution is -2.33. The van der Waals surface area contributed by atoms with Gasteiger partial charge in [0.15, 0.2) is 0 Å². The molecule has 2 fully saturated rings. The molecule has 0 radical (unpaired) electrons. The van der Waals surface area contributed by atoms with Crippen molar-refractivity contribution in [3.05, 3.63) is 22.9 Å². The van der Waals surface area contributed by atoms with Gasteiger partial charge in [0.05, 0.1) is 30.8 Å². The largest absolute Gasteiger partial charge is 0.481 e. The molecule has 0 aromatic carbocycles. The molecule has 7 heteroatoms. The van der Waals surface area contributed by atoms with Gasteiger partial charge >= 0.3 is 0 Å². The van der Waals surface area contributed by atoms with Crippen molar-refractivity contribution in [1.82, 2.24) is 20.1 Å². The number of likely N-dealkylation sites (tertiary alicyclic amines) is 1. The molecular weight excluding hydrogens is 356 g/mol. The van der Waals surface area contributed by atoms with Crippen molar-refractivity contribution >= 4 is 11.8 Å². The summed E-state index contributed by atoms with van der Waals surface area (Å²) < 4.78 is 5.46. The van der Waals surface area contributed by atoms with Crippen molar-refractivity contribution < 1.29 is 14.3 Å². The molecule has 0 unspecified atom stereocenters. The normalized spacial score (nSPS) is 22.7. The number of methoxy groups -OCH3 is 1. The summed E-state index contributed by atoms with van der Waals surface area (Å²) in [6.07, 6.45) is 5.44. The van der Waals surface area contributed by atoms with E-state index in [1.807, 2.05) is 11.0 Å². The summed E-state index contributed by atoms with van der Waals surface area (Å²) in [5.74, 6) is 0.672. The molecule has 1 saturated heterocycles. The number of rotatable bonds is 6. The number of pyridine rings is 1. The van der Waals surface area contributed by atoms with Gasteiger partial charge in [-0.2, -0.15) is 0 Å². The lowest BCUT2D eigenvalue weighted by Gasteiger charge is -2.22.